The van der Waals surface area contributed by atoms with Crippen molar-refractivity contribution in [3.63, 3.8) is 0 Å². The third-order valence-electron chi connectivity index (χ3n) is 2.83. The molecule has 2 unspecified atom stereocenters. The summed E-state index contributed by atoms with van der Waals surface area (Å²) in [7, 11) is 2.80. The van der Waals surface area contributed by atoms with E-state index in [1.165, 1.54) is 14.2 Å². The van der Waals surface area contributed by atoms with Crippen LogP contribution >= 0.6 is 11.6 Å². The molecular formula is C12H13ClO4. The SMILES string of the molecule is COCC1(c2ccccc2)OC1(Cl)C(=O)OC. The zero-order valence-corrected chi connectivity index (χ0v) is 10.4. The molecule has 92 valence electrons. The summed E-state index contributed by atoms with van der Waals surface area (Å²) < 4.78 is 15.2. The molecule has 0 saturated carbocycles. The van der Waals surface area contributed by atoms with Gasteiger partial charge < -0.3 is 14.2 Å². The molecule has 1 aliphatic rings. The van der Waals surface area contributed by atoms with Gasteiger partial charge in [-0.15, -0.1) is 0 Å². The summed E-state index contributed by atoms with van der Waals surface area (Å²) in [6.07, 6.45) is 0. The summed E-state index contributed by atoms with van der Waals surface area (Å²) in [5.74, 6) is -0.611. The van der Waals surface area contributed by atoms with Crippen LogP contribution in [0.15, 0.2) is 30.3 Å². The van der Waals surface area contributed by atoms with Crippen LogP contribution in [0.1, 0.15) is 5.56 Å². The standard InChI is InChI=1S/C12H13ClO4/c1-15-8-11(9-6-4-3-5-7-9)12(13,17-11)10(14)16-2/h3-7H,8H2,1-2H3. The summed E-state index contributed by atoms with van der Waals surface area (Å²) in [6, 6.07) is 9.25. The Labute approximate surface area is 104 Å². The van der Waals surface area contributed by atoms with Crippen molar-refractivity contribution in [3.8, 4) is 0 Å². The van der Waals surface area contributed by atoms with Crippen molar-refractivity contribution >= 4 is 17.6 Å². The Bertz CT molecular complexity index is 422. The smallest absolute Gasteiger partial charge is 0.357 e. The zero-order chi connectivity index (χ0) is 12.5. The van der Waals surface area contributed by atoms with E-state index in [4.69, 9.17) is 21.1 Å². The van der Waals surface area contributed by atoms with Crippen molar-refractivity contribution in [3.05, 3.63) is 35.9 Å². The lowest BCUT2D eigenvalue weighted by atomic mass is 9.95. The molecule has 1 fully saturated rings. The molecule has 0 bridgehead atoms. The molecule has 1 saturated heterocycles. The predicted octanol–water partition coefficient (Wildman–Crippen LogP) is 1.67. The molecule has 0 amide bonds. The lowest BCUT2D eigenvalue weighted by molar-refractivity contribution is -0.143. The lowest BCUT2D eigenvalue weighted by Crippen LogP contribution is -2.32. The first-order chi connectivity index (χ1) is 8.10. The van der Waals surface area contributed by atoms with Crippen molar-refractivity contribution in [2.45, 2.75) is 10.7 Å². The summed E-state index contributed by atoms with van der Waals surface area (Å²) in [5, 5.41) is -1.49. The van der Waals surface area contributed by atoms with E-state index in [0.29, 0.717) is 0 Å². The monoisotopic (exact) mass is 256 g/mol. The second-order valence-corrected chi connectivity index (χ2v) is 4.35. The number of hydrogen-bond acceptors (Lipinski definition) is 4. The van der Waals surface area contributed by atoms with Crippen LogP contribution < -0.4 is 0 Å². The number of halogens is 1. The molecular weight excluding hydrogens is 244 g/mol. The summed E-state index contributed by atoms with van der Waals surface area (Å²) >= 11 is 6.15. The van der Waals surface area contributed by atoms with Gasteiger partial charge >= 0.3 is 5.97 Å². The Morgan fingerprint density at radius 3 is 2.53 bits per heavy atom. The number of rotatable bonds is 4. The summed E-state index contributed by atoms with van der Waals surface area (Å²) in [6.45, 7) is 0.190. The maximum Gasteiger partial charge on any atom is 0.357 e. The molecule has 0 spiro atoms. The van der Waals surface area contributed by atoms with Crippen LogP contribution in [0.25, 0.3) is 0 Å². The quantitative estimate of drug-likeness (QED) is 0.467. The van der Waals surface area contributed by atoms with Gasteiger partial charge in [0.15, 0.2) is 5.60 Å². The van der Waals surface area contributed by atoms with E-state index < -0.39 is 16.6 Å². The van der Waals surface area contributed by atoms with E-state index in [1.807, 2.05) is 30.3 Å². The van der Waals surface area contributed by atoms with Crippen molar-refractivity contribution in [2.24, 2.45) is 0 Å². The Hall–Kier alpha value is -1.10. The highest BCUT2D eigenvalue weighted by molar-refractivity contribution is 6.36. The first kappa shape index (κ1) is 12.4. The van der Waals surface area contributed by atoms with Crippen LogP contribution in [0, 0.1) is 0 Å². The molecule has 2 atom stereocenters. The van der Waals surface area contributed by atoms with E-state index in [2.05, 4.69) is 4.74 Å². The number of carbonyl (C=O) groups excluding carboxylic acids is 1. The van der Waals surface area contributed by atoms with Crippen LogP contribution in [0.3, 0.4) is 0 Å². The van der Waals surface area contributed by atoms with Gasteiger partial charge in [-0.2, -0.15) is 0 Å². The van der Waals surface area contributed by atoms with Gasteiger partial charge in [0, 0.05) is 7.11 Å². The minimum atomic E-state index is -1.49. The van der Waals surface area contributed by atoms with Crippen molar-refractivity contribution < 1.29 is 19.0 Å². The number of methoxy groups -OCH3 is 2. The molecule has 4 nitrogen and oxygen atoms in total. The second kappa shape index (κ2) is 4.29. The third-order valence-corrected chi connectivity index (χ3v) is 3.36. The fourth-order valence-electron chi connectivity index (χ4n) is 1.91. The molecule has 2 rings (SSSR count). The molecule has 17 heavy (non-hydrogen) atoms. The first-order valence-corrected chi connectivity index (χ1v) is 5.50. The van der Waals surface area contributed by atoms with Gasteiger partial charge in [0.05, 0.1) is 13.7 Å². The molecule has 0 aromatic heterocycles. The topological polar surface area (TPSA) is 48.1 Å². The molecule has 1 aromatic rings. The predicted molar refractivity (Wildman–Crippen MR) is 61.7 cm³/mol. The fraction of sp³-hybridized carbons (Fsp3) is 0.417. The van der Waals surface area contributed by atoms with Crippen molar-refractivity contribution in [1.82, 2.24) is 0 Å². The van der Waals surface area contributed by atoms with Gasteiger partial charge in [-0.05, 0) is 5.56 Å². The van der Waals surface area contributed by atoms with Gasteiger partial charge in [0.2, 0.25) is 0 Å². The molecule has 1 aliphatic heterocycles. The van der Waals surface area contributed by atoms with Crippen LogP contribution in [-0.4, -0.2) is 31.9 Å². The minimum Gasteiger partial charge on any atom is -0.466 e. The maximum absolute atomic E-state index is 11.6. The number of ether oxygens (including phenoxy) is 3. The number of benzene rings is 1. The van der Waals surface area contributed by atoms with Crippen molar-refractivity contribution in [1.29, 1.82) is 0 Å². The number of hydrogen-bond donors (Lipinski definition) is 0. The zero-order valence-electron chi connectivity index (χ0n) is 9.60. The first-order valence-electron chi connectivity index (χ1n) is 5.12. The average molecular weight is 257 g/mol. The third kappa shape index (κ3) is 1.73. The highest BCUT2D eigenvalue weighted by atomic mass is 35.5. The molecule has 0 N–H and O–H groups in total. The summed E-state index contributed by atoms with van der Waals surface area (Å²) in [5.41, 5.74) is -0.167. The molecule has 0 radical (unpaired) electrons. The van der Waals surface area contributed by atoms with E-state index in [9.17, 15) is 4.79 Å². The van der Waals surface area contributed by atoms with Crippen LogP contribution in [0.2, 0.25) is 0 Å². The van der Waals surface area contributed by atoms with E-state index in [-0.39, 0.29) is 6.61 Å². The average Bonchev–Trinajstić information content (AvgIpc) is 2.98. The van der Waals surface area contributed by atoms with Crippen LogP contribution in [0.5, 0.6) is 0 Å². The number of esters is 1. The fourth-order valence-corrected chi connectivity index (χ4v) is 2.29. The highest BCUT2D eigenvalue weighted by Gasteiger charge is 2.76. The van der Waals surface area contributed by atoms with E-state index >= 15 is 0 Å². The highest BCUT2D eigenvalue weighted by Crippen LogP contribution is 2.59. The van der Waals surface area contributed by atoms with Gasteiger partial charge in [-0.1, -0.05) is 41.9 Å². The Morgan fingerprint density at radius 1 is 1.35 bits per heavy atom. The van der Waals surface area contributed by atoms with Crippen molar-refractivity contribution in [2.75, 3.05) is 20.8 Å². The van der Waals surface area contributed by atoms with E-state index in [0.717, 1.165) is 5.56 Å². The normalized spacial score (nSPS) is 31.0. The number of epoxide rings is 1. The molecule has 1 heterocycles. The molecule has 0 aliphatic carbocycles. The van der Waals surface area contributed by atoms with Gasteiger partial charge in [0.1, 0.15) is 0 Å². The molecule has 1 aromatic carbocycles. The van der Waals surface area contributed by atoms with Crippen LogP contribution in [-0.2, 0) is 24.6 Å². The Balaban J connectivity index is 2.36. The number of alkyl halides is 1. The molecule has 5 heteroatoms. The number of carbonyl (C=O) groups is 1. The maximum atomic E-state index is 11.6. The second-order valence-electron chi connectivity index (χ2n) is 3.81. The van der Waals surface area contributed by atoms with E-state index in [1.54, 1.807) is 0 Å². The largest absolute Gasteiger partial charge is 0.466 e. The Kier molecular flexibility index (Phi) is 3.12. The lowest BCUT2D eigenvalue weighted by Gasteiger charge is -2.14. The minimum absolute atomic E-state index is 0.190. The van der Waals surface area contributed by atoms with Gasteiger partial charge in [-0.3, -0.25) is 0 Å². The van der Waals surface area contributed by atoms with Crippen LogP contribution in [0.4, 0.5) is 0 Å². The summed E-state index contributed by atoms with van der Waals surface area (Å²) in [4.78, 5) is 11.6. The van der Waals surface area contributed by atoms with Gasteiger partial charge in [-0.25, -0.2) is 4.79 Å². The van der Waals surface area contributed by atoms with Gasteiger partial charge in [0.25, 0.3) is 5.06 Å². The Morgan fingerprint density at radius 2 is 2.00 bits per heavy atom.